The molecule has 0 atom stereocenters. The molecule has 92 heavy (non-hydrogen) atoms. The molecule has 6 nitrogen and oxygen atoms in total. The number of alkyl halides is 3. The topological polar surface area (TPSA) is 61.4 Å². The van der Waals surface area contributed by atoms with Gasteiger partial charge in [0, 0.05) is 71.6 Å². The number of nitrogens with zero attached hydrogens (tertiary/aromatic N) is 6. The van der Waals surface area contributed by atoms with Crippen LogP contribution in [0, 0.1) is 11.6 Å². The van der Waals surface area contributed by atoms with Crippen molar-refractivity contribution in [3.05, 3.63) is 314 Å². The average Bonchev–Trinajstić information content (AvgIpc) is 1.49. The van der Waals surface area contributed by atoms with E-state index >= 15 is 22.0 Å². The van der Waals surface area contributed by atoms with Crippen molar-refractivity contribution in [2.45, 2.75) is 6.18 Å². The van der Waals surface area contributed by atoms with Crippen LogP contribution in [-0.4, -0.2) is 29.1 Å². The Morgan fingerprint density at radius 3 is 0.848 bits per heavy atom. The Morgan fingerprint density at radius 1 is 0.261 bits per heavy atom. The van der Waals surface area contributed by atoms with Crippen LogP contribution in [0.4, 0.5) is 22.0 Å². The third-order valence-corrected chi connectivity index (χ3v) is 17.1. The Bertz CT molecular complexity index is 5230. The van der Waals surface area contributed by atoms with Crippen molar-refractivity contribution in [3.8, 4) is 113 Å². The highest BCUT2D eigenvalue weighted by Crippen LogP contribution is 2.50. The maximum atomic E-state index is 17.9. The minimum absolute atomic E-state index is 0.295. The molecular formula is C81H49F5N6. The van der Waals surface area contributed by atoms with Crippen molar-refractivity contribution < 1.29 is 22.0 Å². The lowest BCUT2D eigenvalue weighted by Gasteiger charge is -2.25. The summed E-state index contributed by atoms with van der Waals surface area (Å²) >= 11 is 0. The molecule has 0 spiro atoms. The molecule has 16 rings (SSSR count). The Kier molecular flexibility index (Phi) is 13.6. The summed E-state index contributed by atoms with van der Waals surface area (Å²) in [4.78, 5) is 20.4. The van der Waals surface area contributed by atoms with Crippen molar-refractivity contribution in [1.82, 2.24) is 29.1 Å². The van der Waals surface area contributed by atoms with E-state index in [2.05, 4.69) is 0 Å². The van der Waals surface area contributed by atoms with Gasteiger partial charge in [-0.15, -0.1) is 0 Å². The highest BCUT2D eigenvalue weighted by atomic mass is 19.4. The number of hydrogen-bond acceptors (Lipinski definition) is 4. The number of benzene rings is 10. The molecule has 6 heterocycles. The van der Waals surface area contributed by atoms with Crippen molar-refractivity contribution >= 4 is 43.6 Å². The van der Waals surface area contributed by atoms with Crippen LogP contribution in [-0.2, 0) is 6.18 Å². The van der Waals surface area contributed by atoms with Crippen LogP contribution in [0.15, 0.2) is 297 Å². The Morgan fingerprint density at radius 2 is 0.543 bits per heavy atom. The zero-order valence-corrected chi connectivity index (χ0v) is 48.9. The summed E-state index contributed by atoms with van der Waals surface area (Å²) in [6.45, 7) is 0. The number of pyridine rings is 4. The summed E-state index contributed by atoms with van der Waals surface area (Å²) in [5.41, 5.74) is 9.77. The SMILES string of the molecule is Fc1cccc(F)c1-c1ccc(-n2c3cc(-c4cccc(-c5ccccc5)n4)ccc3c3ccc(-c4cccc(-c5ccccc5)n4)cc32)c(C(F)(F)F)c1-n1c2cc(-c3cccc(-c4ccccc4)n3)ccc2c2ccc(-c3cccc(-c4ccccc4)n3)cc21. The van der Waals surface area contributed by atoms with Gasteiger partial charge in [0.15, 0.2) is 0 Å². The maximum Gasteiger partial charge on any atom is 0.420 e. The van der Waals surface area contributed by atoms with E-state index in [4.69, 9.17) is 19.9 Å². The van der Waals surface area contributed by atoms with Gasteiger partial charge in [-0.1, -0.05) is 200 Å². The van der Waals surface area contributed by atoms with Crippen LogP contribution in [0.25, 0.3) is 156 Å². The van der Waals surface area contributed by atoms with Gasteiger partial charge in [-0.3, -0.25) is 0 Å². The van der Waals surface area contributed by atoms with Gasteiger partial charge in [0.1, 0.15) is 17.2 Å². The molecule has 10 aromatic carbocycles. The van der Waals surface area contributed by atoms with Crippen LogP contribution in [0.1, 0.15) is 5.56 Å². The third-order valence-electron chi connectivity index (χ3n) is 17.1. The molecule has 0 N–H and O–H groups in total. The second-order valence-corrected chi connectivity index (χ2v) is 22.6. The second-order valence-electron chi connectivity index (χ2n) is 22.6. The second kappa shape index (κ2) is 22.6. The first-order chi connectivity index (χ1) is 45.1. The zero-order valence-electron chi connectivity index (χ0n) is 48.9. The summed E-state index contributed by atoms with van der Waals surface area (Å²) in [5, 5.41) is 2.48. The normalized spacial score (nSPS) is 11.8. The largest absolute Gasteiger partial charge is 0.420 e. The Labute approximate surface area is 525 Å². The van der Waals surface area contributed by atoms with E-state index in [9.17, 15) is 0 Å². The Hall–Kier alpha value is -12.0. The third kappa shape index (κ3) is 9.84. The molecule has 16 aromatic rings. The maximum absolute atomic E-state index is 17.9. The molecule has 0 bridgehead atoms. The average molecular weight is 1200 g/mol. The van der Waals surface area contributed by atoms with E-state index in [1.165, 1.54) is 22.8 Å². The van der Waals surface area contributed by atoms with Crippen molar-refractivity contribution in [2.24, 2.45) is 0 Å². The van der Waals surface area contributed by atoms with E-state index in [1.807, 2.05) is 267 Å². The van der Waals surface area contributed by atoms with E-state index in [0.29, 0.717) is 100 Å². The predicted octanol–water partition coefficient (Wildman–Crippen LogP) is 21.8. The summed E-state index contributed by atoms with van der Waals surface area (Å²) in [7, 11) is 0. The minimum atomic E-state index is -5.23. The summed E-state index contributed by atoms with van der Waals surface area (Å²) in [6, 6.07) is 90.5. The fourth-order valence-electron chi connectivity index (χ4n) is 12.9. The molecule has 11 heteroatoms. The highest BCUT2D eigenvalue weighted by Gasteiger charge is 2.41. The lowest BCUT2D eigenvalue weighted by molar-refractivity contribution is -0.137. The monoisotopic (exact) mass is 1200 g/mol. The van der Waals surface area contributed by atoms with Gasteiger partial charge in [-0.25, -0.2) is 28.7 Å². The van der Waals surface area contributed by atoms with Crippen molar-refractivity contribution in [2.75, 3.05) is 0 Å². The van der Waals surface area contributed by atoms with Gasteiger partial charge >= 0.3 is 6.18 Å². The molecule has 0 fully saturated rings. The first-order valence-corrected chi connectivity index (χ1v) is 30.1. The molecule has 0 amide bonds. The number of rotatable bonds is 11. The quantitative estimate of drug-likeness (QED) is 0.121. The van der Waals surface area contributed by atoms with Crippen LogP contribution < -0.4 is 0 Å². The van der Waals surface area contributed by atoms with Gasteiger partial charge in [0.05, 0.1) is 84.6 Å². The molecule has 0 aliphatic heterocycles. The first kappa shape index (κ1) is 55.4. The van der Waals surface area contributed by atoms with Crippen LogP contribution in [0.5, 0.6) is 0 Å². The summed E-state index contributed by atoms with van der Waals surface area (Å²) < 4.78 is 91.1. The minimum Gasteiger partial charge on any atom is -0.309 e. The van der Waals surface area contributed by atoms with Crippen LogP contribution in [0.3, 0.4) is 0 Å². The number of aromatic nitrogens is 6. The standard InChI is InChI=1S/C81H49F5N6/c82-63-26-13-27-64(83)78(63)62-44-45-73(91-74-46-54(69-32-14-28-65(87-69)50-18-5-1-6-19-50)36-40-58(74)59-41-37-55(47-75(59)91)70-33-15-29-66(88-70)51-20-7-2-8-21-51)79(81(84,85)86)80(62)92-76-48-56(71-34-16-30-67(89-71)52-22-9-3-10-23-52)38-42-60(76)61-43-39-57(49-77(61)92)72-35-17-31-68(90-72)53-24-11-4-12-25-53/h1-49H. The number of halogens is 5. The number of hydrogen-bond donors (Lipinski definition) is 0. The van der Waals surface area contributed by atoms with Crippen molar-refractivity contribution in [3.63, 3.8) is 0 Å². The highest BCUT2D eigenvalue weighted by molar-refractivity contribution is 6.13. The molecular weight excluding hydrogens is 1150 g/mol. The van der Waals surface area contributed by atoms with E-state index in [1.54, 1.807) is 4.57 Å². The van der Waals surface area contributed by atoms with Gasteiger partial charge in [-0.2, -0.15) is 13.2 Å². The van der Waals surface area contributed by atoms with E-state index in [0.717, 1.165) is 45.8 Å². The van der Waals surface area contributed by atoms with E-state index in [-0.39, 0.29) is 11.3 Å². The Balaban J connectivity index is 1.02. The lowest BCUT2D eigenvalue weighted by Crippen LogP contribution is -2.17. The van der Waals surface area contributed by atoms with Crippen molar-refractivity contribution in [1.29, 1.82) is 0 Å². The molecule has 0 unspecified atom stereocenters. The van der Waals surface area contributed by atoms with Crippen LogP contribution >= 0.6 is 0 Å². The number of fused-ring (bicyclic) bond motifs is 6. The summed E-state index contributed by atoms with van der Waals surface area (Å²) in [6.07, 6.45) is -5.23. The fourth-order valence-corrected chi connectivity index (χ4v) is 12.9. The van der Waals surface area contributed by atoms with E-state index < -0.39 is 34.6 Å². The molecule has 0 aliphatic rings. The molecule has 438 valence electrons. The summed E-state index contributed by atoms with van der Waals surface area (Å²) in [5.74, 6) is -2.08. The van der Waals surface area contributed by atoms with Gasteiger partial charge in [-0.05, 0) is 97.1 Å². The molecule has 0 radical (unpaired) electrons. The van der Waals surface area contributed by atoms with Gasteiger partial charge in [0.25, 0.3) is 0 Å². The smallest absolute Gasteiger partial charge is 0.309 e. The zero-order chi connectivity index (χ0) is 62.0. The van der Waals surface area contributed by atoms with Gasteiger partial charge in [0.2, 0.25) is 0 Å². The molecule has 0 aliphatic carbocycles. The van der Waals surface area contributed by atoms with Crippen LogP contribution in [0.2, 0.25) is 0 Å². The predicted molar refractivity (Wildman–Crippen MR) is 360 cm³/mol. The first-order valence-electron chi connectivity index (χ1n) is 30.1. The molecule has 0 saturated heterocycles. The molecule has 0 saturated carbocycles. The fraction of sp³-hybridized carbons (Fsp3) is 0.0123. The lowest BCUT2D eigenvalue weighted by atomic mass is 9.96. The van der Waals surface area contributed by atoms with Gasteiger partial charge < -0.3 is 9.13 Å². The molecule has 6 aromatic heterocycles.